The molecule has 1 N–H and O–H groups in total. The van der Waals surface area contributed by atoms with Gasteiger partial charge in [-0.3, -0.25) is 14.4 Å². The number of halogens is 1. The lowest BCUT2D eigenvalue weighted by molar-refractivity contribution is -0.153. The van der Waals surface area contributed by atoms with E-state index in [1.54, 1.807) is 30.3 Å². The van der Waals surface area contributed by atoms with E-state index in [1.165, 1.54) is 6.92 Å². The van der Waals surface area contributed by atoms with E-state index in [4.69, 9.17) is 16.3 Å². The zero-order valence-electron chi connectivity index (χ0n) is 15.5. The van der Waals surface area contributed by atoms with Gasteiger partial charge in [-0.2, -0.15) is 0 Å². The van der Waals surface area contributed by atoms with E-state index < -0.39 is 18.0 Å². The fourth-order valence-corrected chi connectivity index (χ4v) is 2.54. The van der Waals surface area contributed by atoms with Crippen LogP contribution in [0.5, 0.6) is 0 Å². The first-order valence-corrected chi connectivity index (χ1v) is 9.00. The molecule has 142 valence electrons. The van der Waals surface area contributed by atoms with Crippen molar-refractivity contribution in [2.45, 2.75) is 39.7 Å². The average molecular weight is 388 g/mol. The van der Waals surface area contributed by atoms with Crippen LogP contribution in [0.15, 0.2) is 42.5 Å². The minimum Gasteiger partial charge on any atom is -0.453 e. The lowest BCUT2D eigenvalue weighted by atomic mass is 10.1. The number of anilines is 1. The van der Waals surface area contributed by atoms with Gasteiger partial charge in [0.25, 0.3) is 5.91 Å². The molecule has 5 nitrogen and oxygen atoms in total. The number of esters is 1. The Morgan fingerprint density at radius 1 is 1.04 bits per heavy atom. The molecule has 0 aliphatic heterocycles. The van der Waals surface area contributed by atoms with Crippen LogP contribution in [0, 0.1) is 13.8 Å². The van der Waals surface area contributed by atoms with Gasteiger partial charge in [0.2, 0.25) is 0 Å². The number of aryl methyl sites for hydroxylation is 2. The van der Waals surface area contributed by atoms with Crippen LogP contribution in [0.4, 0.5) is 5.69 Å². The average Bonchev–Trinajstić information content (AvgIpc) is 2.63. The molecule has 2 aromatic carbocycles. The Morgan fingerprint density at radius 2 is 1.70 bits per heavy atom. The highest BCUT2D eigenvalue weighted by Crippen LogP contribution is 2.20. The van der Waals surface area contributed by atoms with Crippen LogP contribution in [0.3, 0.4) is 0 Å². The zero-order chi connectivity index (χ0) is 20.0. The molecule has 0 unspecified atom stereocenters. The molecule has 0 bridgehead atoms. The van der Waals surface area contributed by atoms with Crippen molar-refractivity contribution in [1.29, 1.82) is 0 Å². The number of hydrogen-bond acceptors (Lipinski definition) is 4. The number of carbonyl (C=O) groups excluding carboxylic acids is 3. The van der Waals surface area contributed by atoms with Crippen molar-refractivity contribution in [2.75, 3.05) is 5.32 Å². The summed E-state index contributed by atoms with van der Waals surface area (Å²) in [5.41, 5.74) is 3.01. The van der Waals surface area contributed by atoms with E-state index in [-0.39, 0.29) is 18.6 Å². The van der Waals surface area contributed by atoms with Gasteiger partial charge in [-0.15, -0.1) is 0 Å². The Hall–Kier alpha value is -2.66. The standard InChI is InChI=1S/C21H22ClNO4/c1-13-4-7-16(8-5-13)19(24)10-11-20(25)27-15(3)21(26)23-18-12-17(22)9-6-14(18)2/h4-9,12,15H,10-11H2,1-3H3,(H,23,26)/t15-/m1/s1. The summed E-state index contributed by atoms with van der Waals surface area (Å²) in [7, 11) is 0. The third kappa shape index (κ3) is 6.22. The Morgan fingerprint density at radius 3 is 2.37 bits per heavy atom. The number of amides is 1. The van der Waals surface area contributed by atoms with Crippen molar-refractivity contribution in [2.24, 2.45) is 0 Å². The quantitative estimate of drug-likeness (QED) is 0.561. The molecular weight excluding hydrogens is 366 g/mol. The molecule has 27 heavy (non-hydrogen) atoms. The molecule has 0 aliphatic carbocycles. The molecule has 0 radical (unpaired) electrons. The topological polar surface area (TPSA) is 72.5 Å². The smallest absolute Gasteiger partial charge is 0.307 e. The van der Waals surface area contributed by atoms with Crippen LogP contribution in [-0.4, -0.2) is 23.8 Å². The summed E-state index contributed by atoms with van der Waals surface area (Å²) in [6.07, 6.45) is -1.03. The van der Waals surface area contributed by atoms with Gasteiger partial charge < -0.3 is 10.1 Å². The Balaban J connectivity index is 1.83. The molecule has 0 spiro atoms. The fourth-order valence-electron chi connectivity index (χ4n) is 2.37. The van der Waals surface area contributed by atoms with Gasteiger partial charge >= 0.3 is 5.97 Å². The summed E-state index contributed by atoms with van der Waals surface area (Å²) in [4.78, 5) is 36.2. The van der Waals surface area contributed by atoms with Gasteiger partial charge in [0.05, 0.1) is 6.42 Å². The third-order valence-corrected chi connectivity index (χ3v) is 4.30. The second kappa shape index (κ2) is 9.33. The van der Waals surface area contributed by atoms with Crippen LogP contribution in [-0.2, 0) is 14.3 Å². The highest BCUT2D eigenvalue weighted by Gasteiger charge is 2.19. The summed E-state index contributed by atoms with van der Waals surface area (Å²) in [6.45, 7) is 5.25. The van der Waals surface area contributed by atoms with Crippen LogP contribution in [0.1, 0.15) is 41.3 Å². The maximum absolute atomic E-state index is 12.2. The van der Waals surface area contributed by atoms with Crippen molar-refractivity contribution in [3.05, 3.63) is 64.2 Å². The minimum atomic E-state index is -0.981. The number of benzene rings is 2. The number of carbonyl (C=O) groups is 3. The molecule has 2 rings (SSSR count). The van der Waals surface area contributed by atoms with E-state index in [9.17, 15) is 14.4 Å². The monoisotopic (exact) mass is 387 g/mol. The molecule has 0 fully saturated rings. The highest BCUT2D eigenvalue weighted by molar-refractivity contribution is 6.31. The second-order valence-corrected chi connectivity index (χ2v) is 6.81. The molecule has 2 aromatic rings. The van der Waals surface area contributed by atoms with E-state index in [0.29, 0.717) is 16.3 Å². The van der Waals surface area contributed by atoms with Crippen molar-refractivity contribution < 1.29 is 19.1 Å². The van der Waals surface area contributed by atoms with Crippen molar-refractivity contribution in [1.82, 2.24) is 0 Å². The number of nitrogens with one attached hydrogen (secondary N) is 1. The third-order valence-electron chi connectivity index (χ3n) is 4.06. The lowest BCUT2D eigenvalue weighted by Crippen LogP contribution is -2.30. The van der Waals surface area contributed by atoms with Gasteiger partial charge in [-0.25, -0.2) is 0 Å². The molecule has 6 heteroatoms. The number of ether oxygens (including phenoxy) is 1. The van der Waals surface area contributed by atoms with Gasteiger partial charge in [-0.05, 0) is 38.5 Å². The minimum absolute atomic E-state index is 0.0314. The molecule has 0 aromatic heterocycles. The van der Waals surface area contributed by atoms with Crippen LogP contribution >= 0.6 is 11.6 Å². The molecule has 1 amide bonds. The van der Waals surface area contributed by atoms with Crippen molar-refractivity contribution in [3.8, 4) is 0 Å². The van der Waals surface area contributed by atoms with E-state index in [1.807, 2.05) is 26.0 Å². The van der Waals surface area contributed by atoms with Gasteiger partial charge in [0, 0.05) is 22.7 Å². The summed E-state index contributed by atoms with van der Waals surface area (Å²) >= 11 is 5.93. The Kier molecular flexibility index (Phi) is 7.13. The number of rotatable bonds is 7. The van der Waals surface area contributed by atoms with Crippen molar-refractivity contribution >= 4 is 34.9 Å². The van der Waals surface area contributed by atoms with E-state index >= 15 is 0 Å². The Bertz CT molecular complexity index is 846. The lowest BCUT2D eigenvalue weighted by Gasteiger charge is -2.15. The van der Waals surface area contributed by atoms with Crippen molar-refractivity contribution in [3.63, 3.8) is 0 Å². The number of Topliss-reactive ketones (excluding diaryl/α,β-unsaturated/α-hetero) is 1. The molecule has 0 saturated carbocycles. The van der Waals surface area contributed by atoms with Gasteiger partial charge in [0.1, 0.15) is 0 Å². The normalized spacial score (nSPS) is 11.6. The van der Waals surface area contributed by atoms with Gasteiger partial charge in [-0.1, -0.05) is 47.5 Å². The summed E-state index contributed by atoms with van der Waals surface area (Å²) in [5.74, 6) is -1.20. The largest absolute Gasteiger partial charge is 0.453 e. The fraction of sp³-hybridized carbons (Fsp3) is 0.286. The molecule has 0 saturated heterocycles. The van der Waals surface area contributed by atoms with Crippen LogP contribution in [0.25, 0.3) is 0 Å². The molecule has 0 heterocycles. The van der Waals surface area contributed by atoms with E-state index in [0.717, 1.165) is 11.1 Å². The summed E-state index contributed by atoms with van der Waals surface area (Å²) < 4.78 is 5.12. The molecule has 0 aliphatic rings. The Labute approximate surface area is 163 Å². The predicted octanol–water partition coefficient (Wildman–Crippen LogP) is 4.49. The van der Waals surface area contributed by atoms with Crippen LogP contribution in [0.2, 0.25) is 5.02 Å². The summed E-state index contributed by atoms with van der Waals surface area (Å²) in [6, 6.07) is 12.3. The predicted molar refractivity (Wildman–Crippen MR) is 105 cm³/mol. The maximum Gasteiger partial charge on any atom is 0.307 e. The number of ketones is 1. The van der Waals surface area contributed by atoms with Crippen LogP contribution < -0.4 is 5.32 Å². The first-order chi connectivity index (χ1) is 12.8. The first-order valence-electron chi connectivity index (χ1n) is 8.62. The number of hydrogen-bond donors (Lipinski definition) is 1. The summed E-state index contributed by atoms with van der Waals surface area (Å²) in [5, 5.41) is 3.18. The molecule has 1 atom stereocenters. The van der Waals surface area contributed by atoms with E-state index in [2.05, 4.69) is 5.32 Å². The van der Waals surface area contributed by atoms with Gasteiger partial charge in [0.15, 0.2) is 11.9 Å². The molecular formula is C21H22ClNO4. The zero-order valence-corrected chi connectivity index (χ0v) is 16.3. The maximum atomic E-state index is 12.2. The SMILES string of the molecule is Cc1ccc(C(=O)CCC(=O)O[C@H](C)C(=O)Nc2cc(Cl)ccc2C)cc1. The highest BCUT2D eigenvalue weighted by atomic mass is 35.5. The second-order valence-electron chi connectivity index (χ2n) is 6.37. The first kappa shape index (κ1) is 20.6.